The number of para-hydroxylation sites is 1. The van der Waals surface area contributed by atoms with Crippen molar-refractivity contribution in [3.63, 3.8) is 0 Å². The quantitative estimate of drug-likeness (QED) is 0.600. The predicted octanol–water partition coefficient (Wildman–Crippen LogP) is 4.17. The van der Waals surface area contributed by atoms with Crippen LogP contribution in [0.2, 0.25) is 5.02 Å². The number of nitro groups is 1. The van der Waals surface area contributed by atoms with Crippen LogP contribution in [0.1, 0.15) is 23.0 Å². The van der Waals surface area contributed by atoms with E-state index in [1.54, 1.807) is 24.3 Å². The fraction of sp³-hybridized carbons (Fsp3) is 0.176. The Balaban J connectivity index is 2.58. The molecule has 0 radical (unpaired) electrons. The zero-order valence-corrected chi connectivity index (χ0v) is 13.4. The minimum Gasteiger partial charge on any atom is -0.496 e. The van der Waals surface area contributed by atoms with E-state index in [4.69, 9.17) is 16.3 Å². The van der Waals surface area contributed by atoms with Gasteiger partial charge in [0.2, 0.25) is 0 Å². The molecule has 0 heterocycles. The number of hydrogen-bond acceptors (Lipinski definition) is 5. The van der Waals surface area contributed by atoms with Gasteiger partial charge in [-0.15, -0.1) is 0 Å². The standard InChI is InChI=1S/C17H12ClN3O3/c1-24-17-5-3-2-4-12(17)14(9-19)15(10-20)13-8-11(21(22)23)6-7-16(13)18/h2-8,14-15H,1H3. The molecule has 24 heavy (non-hydrogen) atoms. The lowest BCUT2D eigenvalue weighted by atomic mass is 9.82. The van der Waals surface area contributed by atoms with Crippen molar-refractivity contribution in [1.29, 1.82) is 10.5 Å². The van der Waals surface area contributed by atoms with Gasteiger partial charge in [0.25, 0.3) is 5.69 Å². The van der Waals surface area contributed by atoms with Gasteiger partial charge in [0, 0.05) is 22.7 Å². The maximum Gasteiger partial charge on any atom is 0.269 e. The minimum atomic E-state index is -0.973. The van der Waals surface area contributed by atoms with E-state index < -0.39 is 16.8 Å². The van der Waals surface area contributed by atoms with Gasteiger partial charge in [-0.05, 0) is 17.7 Å². The van der Waals surface area contributed by atoms with Gasteiger partial charge in [0.05, 0.1) is 36.0 Å². The smallest absolute Gasteiger partial charge is 0.269 e. The van der Waals surface area contributed by atoms with Gasteiger partial charge in [0.15, 0.2) is 0 Å². The van der Waals surface area contributed by atoms with E-state index in [-0.39, 0.29) is 16.3 Å². The molecule has 0 amide bonds. The van der Waals surface area contributed by atoms with Gasteiger partial charge in [0.1, 0.15) is 5.75 Å². The van der Waals surface area contributed by atoms with E-state index in [1.807, 2.05) is 6.07 Å². The Morgan fingerprint density at radius 3 is 2.33 bits per heavy atom. The second-order valence-electron chi connectivity index (χ2n) is 4.92. The first-order valence-corrected chi connectivity index (χ1v) is 7.27. The molecule has 0 fully saturated rings. The van der Waals surface area contributed by atoms with Crippen molar-refractivity contribution in [2.75, 3.05) is 7.11 Å². The summed E-state index contributed by atoms with van der Waals surface area (Å²) in [5.74, 6) is -1.39. The highest BCUT2D eigenvalue weighted by Crippen LogP contribution is 2.40. The Bertz CT molecular complexity index is 855. The van der Waals surface area contributed by atoms with Crippen molar-refractivity contribution in [3.05, 3.63) is 68.7 Å². The van der Waals surface area contributed by atoms with Crippen LogP contribution < -0.4 is 4.74 Å². The zero-order chi connectivity index (χ0) is 17.7. The van der Waals surface area contributed by atoms with Crippen molar-refractivity contribution in [2.24, 2.45) is 0 Å². The second-order valence-corrected chi connectivity index (χ2v) is 5.33. The Morgan fingerprint density at radius 2 is 1.75 bits per heavy atom. The minimum absolute atomic E-state index is 0.189. The van der Waals surface area contributed by atoms with E-state index >= 15 is 0 Å². The number of nitrogens with zero attached hydrogens (tertiary/aromatic N) is 3. The molecule has 0 aliphatic carbocycles. The van der Waals surface area contributed by atoms with E-state index in [9.17, 15) is 20.6 Å². The molecule has 2 unspecified atom stereocenters. The topological polar surface area (TPSA) is 99.9 Å². The van der Waals surface area contributed by atoms with Gasteiger partial charge in [-0.3, -0.25) is 10.1 Å². The predicted molar refractivity (Wildman–Crippen MR) is 87.8 cm³/mol. The molecule has 2 atom stereocenters. The third-order valence-electron chi connectivity index (χ3n) is 3.61. The molecule has 0 saturated heterocycles. The average Bonchev–Trinajstić information content (AvgIpc) is 2.60. The van der Waals surface area contributed by atoms with Crippen LogP contribution in [-0.4, -0.2) is 12.0 Å². The van der Waals surface area contributed by atoms with E-state index in [0.29, 0.717) is 11.3 Å². The fourth-order valence-electron chi connectivity index (χ4n) is 2.45. The van der Waals surface area contributed by atoms with Crippen molar-refractivity contribution in [1.82, 2.24) is 0 Å². The van der Waals surface area contributed by atoms with E-state index in [2.05, 4.69) is 6.07 Å². The lowest BCUT2D eigenvalue weighted by molar-refractivity contribution is -0.384. The summed E-state index contributed by atoms with van der Waals surface area (Å²) < 4.78 is 5.25. The van der Waals surface area contributed by atoms with Crippen LogP contribution in [0, 0.1) is 32.8 Å². The molecule has 0 aromatic heterocycles. The molecular formula is C17H12ClN3O3. The molecule has 2 rings (SSSR count). The molecule has 0 saturated carbocycles. The molecule has 120 valence electrons. The number of halogens is 1. The van der Waals surface area contributed by atoms with Gasteiger partial charge >= 0.3 is 0 Å². The molecule has 0 N–H and O–H groups in total. The Labute approximate surface area is 143 Å². The summed E-state index contributed by atoms with van der Waals surface area (Å²) in [6.07, 6.45) is 0. The van der Waals surface area contributed by atoms with Crippen LogP contribution in [0.15, 0.2) is 42.5 Å². The van der Waals surface area contributed by atoms with Crippen LogP contribution in [-0.2, 0) is 0 Å². The van der Waals surface area contributed by atoms with Crippen molar-refractivity contribution >= 4 is 17.3 Å². The largest absolute Gasteiger partial charge is 0.496 e. The SMILES string of the molecule is COc1ccccc1C(C#N)C(C#N)c1cc([N+](=O)[O-])ccc1Cl. The van der Waals surface area contributed by atoms with Crippen LogP contribution in [0.25, 0.3) is 0 Å². The maximum absolute atomic E-state index is 11.0. The Morgan fingerprint density at radius 1 is 1.12 bits per heavy atom. The third kappa shape index (κ3) is 3.29. The summed E-state index contributed by atoms with van der Waals surface area (Å²) in [5.41, 5.74) is 0.578. The number of methoxy groups -OCH3 is 1. The third-order valence-corrected chi connectivity index (χ3v) is 3.96. The van der Waals surface area contributed by atoms with Crippen LogP contribution in [0.5, 0.6) is 5.75 Å². The highest BCUT2D eigenvalue weighted by atomic mass is 35.5. The lowest BCUT2D eigenvalue weighted by Crippen LogP contribution is -2.10. The molecule has 2 aromatic carbocycles. The highest BCUT2D eigenvalue weighted by molar-refractivity contribution is 6.31. The molecule has 7 heteroatoms. The number of non-ortho nitro benzene ring substituents is 1. The van der Waals surface area contributed by atoms with Crippen LogP contribution in [0.3, 0.4) is 0 Å². The van der Waals surface area contributed by atoms with Crippen LogP contribution >= 0.6 is 11.6 Å². The fourth-order valence-corrected chi connectivity index (χ4v) is 2.69. The average molecular weight is 342 g/mol. The first-order chi connectivity index (χ1) is 11.5. The Hall–Kier alpha value is -3.09. The molecule has 0 bridgehead atoms. The van der Waals surface area contributed by atoms with Gasteiger partial charge in [-0.1, -0.05) is 29.8 Å². The first kappa shape index (κ1) is 17.3. The molecule has 6 nitrogen and oxygen atoms in total. The van der Waals surface area contributed by atoms with Crippen molar-refractivity contribution in [3.8, 4) is 17.9 Å². The summed E-state index contributed by atoms with van der Waals surface area (Å²) in [6.45, 7) is 0. The number of benzene rings is 2. The lowest BCUT2D eigenvalue weighted by Gasteiger charge is -2.19. The van der Waals surface area contributed by atoms with E-state index in [1.165, 1.54) is 25.3 Å². The zero-order valence-electron chi connectivity index (χ0n) is 12.6. The summed E-state index contributed by atoms with van der Waals surface area (Å²) >= 11 is 6.12. The van der Waals surface area contributed by atoms with Gasteiger partial charge in [-0.2, -0.15) is 10.5 Å². The van der Waals surface area contributed by atoms with Gasteiger partial charge < -0.3 is 4.74 Å². The summed E-state index contributed by atoms with van der Waals surface area (Å²) in [6, 6.07) is 14.8. The van der Waals surface area contributed by atoms with E-state index in [0.717, 1.165) is 0 Å². The monoisotopic (exact) mass is 341 g/mol. The normalized spacial score (nSPS) is 12.5. The number of nitriles is 2. The van der Waals surface area contributed by atoms with Crippen molar-refractivity contribution < 1.29 is 9.66 Å². The molecule has 2 aromatic rings. The summed E-state index contributed by atoms with van der Waals surface area (Å²) in [5, 5.41) is 30.4. The Kier molecular flexibility index (Phi) is 5.36. The number of hydrogen-bond donors (Lipinski definition) is 0. The molecule has 0 spiro atoms. The molecule has 0 aliphatic rings. The van der Waals surface area contributed by atoms with Gasteiger partial charge in [-0.25, -0.2) is 0 Å². The highest BCUT2D eigenvalue weighted by Gasteiger charge is 2.30. The number of rotatable bonds is 5. The second kappa shape index (κ2) is 7.45. The molecular weight excluding hydrogens is 330 g/mol. The maximum atomic E-state index is 11.0. The summed E-state index contributed by atoms with van der Waals surface area (Å²) in [4.78, 5) is 10.4. The first-order valence-electron chi connectivity index (χ1n) is 6.89. The number of nitro benzene ring substituents is 1. The van der Waals surface area contributed by atoms with Crippen LogP contribution in [0.4, 0.5) is 5.69 Å². The van der Waals surface area contributed by atoms with Crippen molar-refractivity contribution in [2.45, 2.75) is 11.8 Å². The summed E-state index contributed by atoms with van der Waals surface area (Å²) in [7, 11) is 1.47. The molecule has 0 aliphatic heterocycles. The number of ether oxygens (including phenoxy) is 1.